The number of aliphatic carboxylic acids is 1. The Labute approximate surface area is 174 Å². The van der Waals surface area contributed by atoms with Crippen LogP contribution in [-0.4, -0.2) is 23.5 Å². The van der Waals surface area contributed by atoms with Crippen molar-refractivity contribution in [3.8, 4) is 5.75 Å². The van der Waals surface area contributed by atoms with Gasteiger partial charge in [-0.25, -0.2) is 4.79 Å². The van der Waals surface area contributed by atoms with Crippen molar-refractivity contribution >= 4 is 40.7 Å². The van der Waals surface area contributed by atoms with E-state index in [4.69, 9.17) is 39.1 Å². The van der Waals surface area contributed by atoms with E-state index in [1.807, 2.05) is 6.92 Å². The van der Waals surface area contributed by atoms with E-state index in [1.165, 1.54) is 6.07 Å². The Bertz CT molecular complexity index is 872. The van der Waals surface area contributed by atoms with Crippen molar-refractivity contribution in [1.82, 2.24) is 0 Å². The first-order valence-electron chi connectivity index (χ1n) is 8.83. The van der Waals surface area contributed by atoms with E-state index in [0.717, 1.165) is 6.42 Å². The highest BCUT2D eigenvalue weighted by Crippen LogP contribution is 2.42. The molecule has 0 saturated heterocycles. The number of rotatable bonds is 9. The van der Waals surface area contributed by atoms with Gasteiger partial charge < -0.3 is 20.9 Å². The first-order valence-corrected chi connectivity index (χ1v) is 9.59. The summed E-state index contributed by atoms with van der Waals surface area (Å²) in [5, 5.41) is 21.3. The highest BCUT2D eigenvalue weighted by molar-refractivity contribution is 6.35. The Morgan fingerprint density at radius 1 is 1.25 bits per heavy atom. The Hall–Kier alpha value is -2.44. The second kappa shape index (κ2) is 9.17. The van der Waals surface area contributed by atoms with Gasteiger partial charge in [0.05, 0.1) is 11.6 Å². The summed E-state index contributed by atoms with van der Waals surface area (Å²) in [6.45, 7) is 4.09. The molecule has 1 atom stereocenters. The smallest absolute Gasteiger partial charge is 0.334 e. The Morgan fingerprint density at radius 2 is 1.89 bits per heavy atom. The zero-order valence-corrected chi connectivity index (χ0v) is 17.2. The molecule has 6 nitrogen and oxygen atoms in total. The van der Waals surface area contributed by atoms with Gasteiger partial charge in [-0.1, -0.05) is 37.0 Å². The fourth-order valence-corrected chi connectivity index (χ4v) is 3.42. The number of benzene rings is 2. The summed E-state index contributed by atoms with van der Waals surface area (Å²) in [7, 11) is 0. The molecule has 0 bridgehead atoms. The van der Waals surface area contributed by atoms with Crippen LogP contribution in [-0.2, 0) is 10.3 Å². The number of halogens is 2. The van der Waals surface area contributed by atoms with Gasteiger partial charge in [-0.05, 0) is 49.2 Å². The predicted molar refractivity (Wildman–Crippen MR) is 113 cm³/mol. The predicted octanol–water partition coefficient (Wildman–Crippen LogP) is 4.87. The molecule has 2 rings (SSSR count). The van der Waals surface area contributed by atoms with Crippen LogP contribution in [0.25, 0.3) is 0 Å². The van der Waals surface area contributed by atoms with Crippen molar-refractivity contribution in [1.29, 1.82) is 5.41 Å². The molecule has 2 aromatic carbocycles. The van der Waals surface area contributed by atoms with Gasteiger partial charge in [0.2, 0.25) is 0 Å². The number of ether oxygens (including phenoxy) is 1. The van der Waals surface area contributed by atoms with E-state index in [-0.39, 0.29) is 17.3 Å². The highest BCUT2D eigenvalue weighted by Gasteiger charge is 2.42. The molecule has 28 heavy (non-hydrogen) atoms. The van der Waals surface area contributed by atoms with Crippen LogP contribution in [0.1, 0.15) is 37.8 Å². The molecule has 0 aliphatic heterocycles. The monoisotopic (exact) mass is 423 g/mol. The van der Waals surface area contributed by atoms with Gasteiger partial charge in [-0.3, -0.25) is 5.41 Å². The average Bonchev–Trinajstić information content (AvgIpc) is 2.65. The third kappa shape index (κ3) is 4.51. The highest BCUT2D eigenvalue weighted by atomic mass is 35.5. The number of anilines is 1. The van der Waals surface area contributed by atoms with Gasteiger partial charge in [-0.2, -0.15) is 0 Å². The Morgan fingerprint density at radius 3 is 2.39 bits per heavy atom. The van der Waals surface area contributed by atoms with Crippen LogP contribution < -0.4 is 15.8 Å². The molecule has 5 N–H and O–H groups in total. The van der Waals surface area contributed by atoms with Crippen molar-refractivity contribution in [2.24, 2.45) is 5.73 Å². The normalized spacial score (nSPS) is 12.9. The number of carbonyl (C=O) groups is 1. The molecule has 150 valence electrons. The zero-order valence-electron chi connectivity index (χ0n) is 15.7. The van der Waals surface area contributed by atoms with Crippen LogP contribution in [0.15, 0.2) is 36.4 Å². The zero-order chi connectivity index (χ0) is 20.9. The lowest BCUT2D eigenvalue weighted by Gasteiger charge is -2.33. The number of amidine groups is 1. The van der Waals surface area contributed by atoms with Crippen LogP contribution in [0, 0.1) is 5.41 Å². The minimum atomic E-state index is -1.52. The quantitative estimate of drug-likeness (QED) is 0.339. The van der Waals surface area contributed by atoms with Crippen LogP contribution in [0.4, 0.5) is 5.69 Å². The molecule has 8 heteroatoms. The maximum absolute atomic E-state index is 12.4. The summed E-state index contributed by atoms with van der Waals surface area (Å²) in [6, 6.07) is 9.72. The Balaban J connectivity index is 2.59. The largest absolute Gasteiger partial charge is 0.492 e. The molecule has 0 spiro atoms. The third-order valence-corrected chi connectivity index (χ3v) is 4.87. The van der Waals surface area contributed by atoms with Gasteiger partial charge >= 0.3 is 5.97 Å². The summed E-state index contributed by atoms with van der Waals surface area (Å²) in [5.74, 6) is -0.862. The van der Waals surface area contributed by atoms with Crippen LogP contribution in [0.3, 0.4) is 0 Å². The topological polar surface area (TPSA) is 108 Å². The van der Waals surface area contributed by atoms with E-state index in [1.54, 1.807) is 37.3 Å². The van der Waals surface area contributed by atoms with E-state index in [0.29, 0.717) is 34.2 Å². The van der Waals surface area contributed by atoms with Crippen molar-refractivity contribution in [2.45, 2.75) is 32.2 Å². The van der Waals surface area contributed by atoms with Crippen molar-refractivity contribution in [3.63, 3.8) is 0 Å². The second-order valence-corrected chi connectivity index (χ2v) is 7.14. The van der Waals surface area contributed by atoms with E-state index in [2.05, 4.69) is 5.32 Å². The molecule has 0 aromatic heterocycles. The van der Waals surface area contributed by atoms with Gasteiger partial charge in [0, 0.05) is 21.8 Å². The first kappa shape index (κ1) is 21.9. The molecule has 1 unspecified atom stereocenters. The molecule has 0 heterocycles. The van der Waals surface area contributed by atoms with Gasteiger partial charge in [0.25, 0.3) is 0 Å². The summed E-state index contributed by atoms with van der Waals surface area (Å²) in [5.41, 5.74) is 5.40. The van der Waals surface area contributed by atoms with E-state index in [9.17, 15) is 9.90 Å². The molecule has 0 fully saturated rings. The number of hydrogen-bond acceptors (Lipinski definition) is 4. The van der Waals surface area contributed by atoms with Crippen LogP contribution >= 0.6 is 23.2 Å². The average molecular weight is 424 g/mol. The summed E-state index contributed by atoms with van der Waals surface area (Å²) >= 11 is 12.5. The third-order valence-electron chi connectivity index (χ3n) is 4.37. The summed E-state index contributed by atoms with van der Waals surface area (Å²) < 4.78 is 5.78. The minimum Gasteiger partial charge on any atom is -0.492 e. The molecule has 0 radical (unpaired) electrons. The lowest BCUT2D eigenvalue weighted by molar-refractivity contribution is -0.142. The lowest BCUT2D eigenvalue weighted by Crippen LogP contribution is -2.43. The molecular weight excluding hydrogens is 401 g/mol. The maximum atomic E-state index is 12.4. The number of carboxylic acid groups (broad SMARTS) is 1. The standard InChI is InChI=1S/C20H23Cl2N3O3/c1-3-9-28-17-15(10-13(21)11-16(17)22)20(4-2,19(26)27)25-14-7-5-12(6-8-14)18(23)24/h5-8,10-11,25H,3-4,9H2,1-2H3,(H3,23,24)(H,26,27). The molecule has 0 saturated carbocycles. The lowest BCUT2D eigenvalue weighted by atomic mass is 9.86. The van der Waals surface area contributed by atoms with Crippen molar-refractivity contribution < 1.29 is 14.6 Å². The molecule has 0 amide bonds. The number of nitrogens with two attached hydrogens (primary N) is 1. The molecule has 0 aliphatic rings. The number of nitrogens with one attached hydrogen (secondary N) is 2. The second-order valence-electron chi connectivity index (χ2n) is 6.29. The summed E-state index contributed by atoms with van der Waals surface area (Å²) in [6.07, 6.45) is 0.945. The Kier molecular flexibility index (Phi) is 7.16. The van der Waals surface area contributed by atoms with Crippen LogP contribution in [0.2, 0.25) is 10.0 Å². The van der Waals surface area contributed by atoms with Crippen molar-refractivity contribution in [2.75, 3.05) is 11.9 Å². The summed E-state index contributed by atoms with van der Waals surface area (Å²) in [4.78, 5) is 12.4. The number of hydrogen-bond donors (Lipinski definition) is 4. The van der Waals surface area contributed by atoms with E-state index < -0.39 is 11.5 Å². The van der Waals surface area contributed by atoms with Crippen molar-refractivity contribution in [3.05, 3.63) is 57.6 Å². The first-order chi connectivity index (χ1) is 13.2. The van der Waals surface area contributed by atoms with Gasteiger partial charge in [0.1, 0.15) is 11.6 Å². The fraction of sp³-hybridized carbons (Fsp3) is 0.300. The van der Waals surface area contributed by atoms with Crippen LogP contribution in [0.5, 0.6) is 5.75 Å². The molecule has 0 aliphatic carbocycles. The molecule has 2 aromatic rings. The number of carboxylic acids is 1. The van der Waals surface area contributed by atoms with Gasteiger partial charge in [0.15, 0.2) is 5.54 Å². The SMILES string of the molecule is CCCOc1c(Cl)cc(Cl)cc1C(CC)(Nc1ccc(C(=N)N)cc1)C(=O)O. The number of nitrogen functional groups attached to an aromatic ring is 1. The maximum Gasteiger partial charge on any atom is 0.334 e. The van der Waals surface area contributed by atoms with Gasteiger partial charge in [-0.15, -0.1) is 0 Å². The van der Waals surface area contributed by atoms with E-state index >= 15 is 0 Å². The molecular formula is C20H23Cl2N3O3. The fourth-order valence-electron chi connectivity index (χ4n) is 2.87. The minimum absolute atomic E-state index is 0.0663.